The highest BCUT2D eigenvalue weighted by Gasteiger charge is 2.33. The van der Waals surface area contributed by atoms with Crippen LogP contribution >= 0.6 is 0 Å². The van der Waals surface area contributed by atoms with Crippen LogP contribution in [-0.4, -0.2) is 53.7 Å². The molecule has 1 aliphatic heterocycles. The first-order valence-electron chi connectivity index (χ1n) is 9.11. The third-order valence-electron chi connectivity index (χ3n) is 4.80. The number of hydrogen-bond donors (Lipinski definition) is 1. The molecule has 12 heteroatoms. The molecule has 0 aliphatic carbocycles. The van der Waals surface area contributed by atoms with Crippen LogP contribution < -0.4 is 9.64 Å². The quantitative estimate of drug-likeness (QED) is 0.546. The van der Waals surface area contributed by atoms with Gasteiger partial charge >= 0.3 is 6.18 Å². The van der Waals surface area contributed by atoms with Crippen molar-refractivity contribution in [3.8, 4) is 17.3 Å². The average Bonchev–Trinajstić information content (AvgIpc) is 3.48. The molecule has 0 radical (unpaired) electrons. The van der Waals surface area contributed by atoms with Gasteiger partial charge < -0.3 is 9.64 Å². The van der Waals surface area contributed by atoms with Gasteiger partial charge in [-0.1, -0.05) is 0 Å². The predicted molar refractivity (Wildman–Crippen MR) is 98.8 cm³/mol. The number of hydrogen-bond acceptors (Lipinski definition) is 7. The summed E-state index contributed by atoms with van der Waals surface area (Å²) in [4.78, 5) is 18.4. The summed E-state index contributed by atoms with van der Waals surface area (Å²) < 4.78 is 46.3. The molecule has 0 amide bonds. The van der Waals surface area contributed by atoms with Crippen LogP contribution in [0.5, 0.6) is 5.75 Å². The number of nitrogens with zero attached hydrogens (tertiary/aromatic N) is 7. The fraction of sp³-hybridized carbons (Fsp3) is 0.278. The standard InChI is InChI=1S/C18H15F3N8O/c19-18(20,21)14-10-29-13(7-24-16(29)8-23-14)17-22-3-1-15(27-17)28-4-2-11(9-28)30-12-5-25-26-6-12/h1,3,5-8,10-11H,2,4,9H2,(H,25,26). The van der Waals surface area contributed by atoms with Gasteiger partial charge in [0.2, 0.25) is 0 Å². The molecular formula is C18H15F3N8O. The van der Waals surface area contributed by atoms with Crippen molar-refractivity contribution < 1.29 is 17.9 Å². The minimum atomic E-state index is -4.56. The number of rotatable bonds is 4. The second-order valence-electron chi connectivity index (χ2n) is 6.79. The normalized spacial score (nSPS) is 17.0. The van der Waals surface area contributed by atoms with Crippen molar-refractivity contribution in [3.63, 3.8) is 0 Å². The van der Waals surface area contributed by atoms with E-state index in [1.54, 1.807) is 24.7 Å². The molecule has 1 aliphatic rings. The van der Waals surface area contributed by atoms with Crippen molar-refractivity contribution in [3.05, 3.63) is 48.9 Å². The van der Waals surface area contributed by atoms with Gasteiger partial charge in [-0.2, -0.15) is 18.3 Å². The molecule has 1 fully saturated rings. The molecule has 0 bridgehead atoms. The number of fused-ring (bicyclic) bond motifs is 1. The summed E-state index contributed by atoms with van der Waals surface area (Å²) in [5, 5.41) is 6.57. The molecule has 5 rings (SSSR count). The van der Waals surface area contributed by atoms with Crippen molar-refractivity contribution >= 4 is 11.5 Å². The van der Waals surface area contributed by atoms with Gasteiger partial charge in [-0.3, -0.25) is 9.50 Å². The minimum Gasteiger partial charge on any atom is -0.485 e. The Kier molecular flexibility index (Phi) is 4.26. The molecule has 0 saturated carbocycles. The van der Waals surface area contributed by atoms with Gasteiger partial charge in [0, 0.05) is 25.4 Å². The van der Waals surface area contributed by atoms with Gasteiger partial charge in [-0.25, -0.2) is 19.9 Å². The maximum absolute atomic E-state index is 13.0. The lowest BCUT2D eigenvalue weighted by molar-refractivity contribution is -0.141. The molecule has 154 valence electrons. The van der Waals surface area contributed by atoms with Crippen LogP contribution in [0, 0.1) is 0 Å². The lowest BCUT2D eigenvalue weighted by Crippen LogP contribution is -2.25. The van der Waals surface area contributed by atoms with E-state index in [0.29, 0.717) is 23.8 Å². The Hall–Kier alpha value is -3.70. The van der Waals surface area contributed by atoms with E-state index in [-0.39, 0.29) is 17.6 Å². The zero-order valence-electron chi connectivity index (χ0n) is 15.4. The largest absolute Gasteiger partial charge is 0.485 e. The van der Waals surface area contributed by atoms with Crippen LogP contribution in [0.25, 0.3) is 17.2 Å². The molecule has 4 aromatic heterocycles. The molecular weight excluding hydrogens is 401 g/mol. The minimum absolute atomic E-state index is 0.0165. The Bertz CT molecular complexity index is 1170. The number of anilines is 1. The summed E-state index contributed by atoms with van der Waals surface area (Å²) in [6.45, 7) is 1.35. The second-order valence-corrected chi connectivity index (χ2v) is 6.79. The molecule has 1 atom stereocenters. The number of aromatic amines is 1. The van der Waals surface area contributed by atoms with E-state index in [4.69, 9.17) is 4.74 Å². The van der Waals surface area contributed by atoms with Gasteiger partial charge in [0.1, 0.15) is 17.6 Å². The van der Waals surface area contributed by atoms with Gasteiger partial charge in [-0.15, -0.1) is 0 Å². The van der Waals surface area contributed by atoms with Gasteiger partial charge in [0.15, 0.2) is 22.9 Å². The highest BCUT2D eigenvalue weighted by molar-refractivity contribution is 5.58. The molecule has 30 heavy (non-hydrogen) atoms. The molecule has 5 heterocycles. The van der Waals surface area contributed by atoms with E-state index in [9.17, 15) is 13.2 Å². The summed E-state index contributed by atoms with van der Waals surface area (Å²) in [6, 6.07) is 1.76. The van der Waals surface area contributed by atoms with Crippen molar-refractivity contribution in [1.82, 2.24) is 34.5 Å². The number of alkyl halides is 3. The fourth-order valence-corrected chi connectivity index (χ4v) is 3.38. The molecule has 1 saturated heterocycles. The van der Waals surface area contributed by atoms with Crippen LogP contribution in [0.3, 0.4) is 0 Å². The Morgan fingerprint density at radius 1 is 1.13 bits per heavy atom. The molecule has 1 N–H and O–H groups in total. The number of halogens is 3. The zero-order valence-corrected chi connectivity index (χ0v) is 15.4. The lowest BCUT2D eigenvalue weighted by Gasteiger charge is -2.18. The molecule has 0 aromatic carbocycles. The number of ether oxygens (including phenoxy) is 1. The lowest BCUT2D eigenvalue weighted by atomic mass is 10.3. The summed E-state index contributed by atoms with van der Waals surface area (Å²) in [5.41, 5.74) is -0.379. The second kappa shape index (κ2) is 6.97. The molecule has 0 spiro atoms. The highest BCUT2D eigenvalue weighted by atomic mass is 19.4. The van der Waals surface area contributed by atoms with Crippen molar-refractivity contribution in [2.24, 2.45) is 0 Å². The number of nitrogens with one attached hydrogen (secondary N) is 1. The topological polar surface area (TPSA) is 97.1 Å². The van der Waals surface area contributed by atoms with E-state index in [1.165, 1.54) is 10.6 Å². The van der Waals surface area contributed by atoms with Gasteiger partial charge in [-0.05, 0) is 6.07 Å². The van der Waals surface area contributed by atoms with E-state index in [2.05, 4.69) is 30.1 Å². The first-order valence-corrected chi connectivity index (χ1v) is 9.11. The zero-order chi connectivity index (χ0) is 20.7. The van der Waals surface area contributed by atoms with Crippen LogP contribution in [0.1, 0.15) is 12.1 Å². The monoisotopic (exact) mass is 416 g/mol. The van der Waals surface area contributed by atoms with E-state index < -0.39 is 11.9 Å². The average molecular weight is 416 g/mol. The van der Waals surface area contributed by atoms with Crippen LogP contribution in [0.15, 0.2) is 43.2 Å². The molecule has 1 unspecified atom stereocenters. The van der Waals surface area contributed by atoms with Gasteiger partial charge in [0.25, 0.3) is 0 Å². The first kappa shape index (κ1) is 18.3. The smallest absolute Gasteiger partial charge is 0.434 e. The van der Waals surface area contributed by atoms with Crippen molar-refractivity contribution in [1.29, 1.82) is 0 Å². The first-order chi connectivity index (χ1) is 14.5. The summed E-state index contributed by atoms with van der Waals surface area (Å²) >= 11 is 0. The van der Waals surface area contributed by atoms with Crippen LogP contribution in [0.4, 0.5) is 19.0 Å². The number of H-pyrrole nitrogens is 1. The predicted octanol–water partition coefficient (Wildman–Crippen LogP) is 2.59. The maximum atomic E-state index is 13.0. The fourth-order valence-electron chi connectivity index (χ4n) is 3.38. The van der Waals surface area contributed by atoms with Gasteiger partial charge in [0.05, 0.1) is 31.3 Å². The van der Waals surface area contributed by atoms with E-state index in [1.807, 2.05) is 4.90 Å². The molecule has 4 aromatic rings. The maximum Gasteiger partial charge on any atom is 0.434 e. The van der Waals surface area contributed by atoms with Crippen LogP contribution in [0.2, 0.25) is 0 Å². The Morgan fingerprint density at radius 2 is 2.03 bits per heavy atom. The molecule has 9 nitrogen and oxygen atoms in total. The highest BCUT2D eigenvalue weighted by Crippen LogP contribution is 2.29. The van der Waals surface area contributed by atoms with E-state index >= 15 is 0 Å². The van der Waals surface area contributed by atoms with Crippen LogP contribution in [-0.2, 0) is 6.18 Å². The Morgan fingerprint density at radius 3 is 2.83 bits per heavy atom. The summed E-state index contributed by atoms with van der Waals surface area (Å²) in [5.74, 6) is 1.61. The summed E-state index contributed by atoms with van der Waals surface area (Å²) in [7, 11) is 0. The Balaban J connectivity index is 1.41. The number of aromatic nitrogens is 7. The third kappa shape index (κ3) is 3.40. The number of imidazole rings is 1. The summed E-state index contributed by atoms with van der Waals surface area (Å²) in [6.07, 6.45) is 4.52. The van der Waals surface area contributed by atoms with Crippen molar-refractivity contribution in [2.45, 2.75) is 18.7 Å². The Labute approximate surface area is 167 Å². The third-order valence-corrected chi connectivity index (χ3v) is 4.80. The SMILES string of the molecule is FC(F)(F)c1cn2c(-c3nccc(N4CCC(Oc5cn[nH]c5)C4)n3)cnc2cn1. The van der Waals surface area contributed by atoms with E-state index in [0.717, 1.165) is 25.4 Å². The van der Waals surface area contributed by atoms with Crippen molar-refractivity contribution in [2.75, 3.05) is 18.0 Å².